The summed E-state index contributed by atoms with van der Waals surface area (Å²) in [5, 5.41) is 3.44. The Kier molecular flexibility index (Phi) is 6.22. The fourth-order valence-electron chi connectivity index (χ4n) is 1.78. The van der Waals surface area contributed by atoms with Crippen LogP contribution in [-0.4, -0.2) is 36.6 Å². The molecule has 0 aromatic carbocycles. The van der Waals surface area contributed by atoms with E-state index >= 15 is 0 Å². The maximum absolute atomic E-state index is 4.63. The molecule has 0 bridgehead atoms. The summed E-state index contributed by atoms with van der Waals surface area (Å²) in [6.45, 7) is 13.7. The van der Waals surface area contributed by atoms with Crippen LogP contribution in [0, 0.1) is 12.8 Å². The number of likely N-dealkylation sites (N-methyl/N-ethyl adjacent to an activating group) is 1. The Hall–Kier alpha value is -1.16. The topological polar surface area (TPSA) is 41.1 Å². The summed E-state index contributed by atoms with van der Waals surface area (Å²) in [7, 11) is 2.05. The second-order valence-corrected chi connectivity index (χ2v) is 5.91. The first-order valence-corrected chi connectivity index (χ1v) is 7.17. The molecular weight excluding hydrogens is 236 g/mol. The number of nitrogens with one attached hydrogen (secondary N) is 1. The Morgan fingerprint density at radius 3 is 2.47 bits per heavy atom. The SMILES string of the molecule is Cc1cc(C(C)C)nc(N(C)CCNCC(C)C)n1. The minimum atomic E-state index is 0.438. The van der Waals surface area contributed by atoms with E-state index in [2.05, 4.69) is 61.0 Å². The van der Waals surface area contributed by atoms with Crippen molar-refractivity contribution in [2.24, 2.45) is 5.92 Å². The summed E-state index contributed by atoms with van der Waals surface area (Å²) < 4.78 is 0. The van der Waals surface area contributed by atoms with Crippen LogP contribution in [0.1, 0.15) is 45.0 Å². The molecule has 19 heavy (non-hydrogen) atoms. The van der Waals surface area contributed by atoms with Crippen LogP contribution >= 0.6 is 0 Å². The number of rotatable bonds is 7. The van der Waals surface area contributed by atoms with E-state index < -0.39 is 0 Å². The van der Waals surface area contributed by atoms with Gasteiger partial charge in [0.1, 0.15) is 0 Å². The van der Waals surface area contributed by atoms with Gasteiger partial charge in [0.15, 0.2) is 0 Å². The monoisotopic (exact) mass is 264 g/mol. The van der Waals surface area contributed by atoms with Crippen LogP contribution in [0.5, 0.6) is 0 Å². The van der Waals surface area contributed by atoms with Crippen LogP contribution in [0.15, 0.2) is 6.07 Å². The highest BCUT2D eigenvalue weighted by atomic mass is 15.2. The molecule has 1 rings (SSSR count). The molecule has 0 radical (unpaired) electrons. The van der Waals surface area contributed by atoms with Gasteiger partial charge in [-0.1, -0.05) is 27.7 Å². The second kappa shape index (κ2) is 7.43. The highest BCUT2D eigenvalue weighted by Crippen LogP contribution is 2.15. The van der Waals surface area contributed by atoms with Gasteiger partial charge in [-0.3, -0.25) is 0 Å². The Labute approximate surface area is 117 Å². The molecule has 1 heterocycles. The van der Waals surface area contributed by atoms with Crippen molar-refractivity contribution in [3.05, 3.63) is 17.5 Å². The molecule has 0 aliphatic rings. The van der Waals surface area contributed by atoms with Crippen LogP contribution in [0.25, 0.3) is 0 Å². The lowest BCUT2D eigenvalue weighted by molar-refractivity contribution is 0.553. The van der Waals surface area contributed by atoms with Crippen molar-refractivity contribution in [3.63, 3.8) is 0 Å². The smallest absolute Gasteiger partial charge is 0.225 e. The first-order chi connectivity index (χ1) is 8.90. The van der Waals surface area contributed by atoms with Gasteiger partial charge >= 0.3 is 0 Å². The van der Waals surface area contributed by atoms with Gasteiger partial charge in [0.2, 0.25) is 5.95 Å². The normalized spacial score (nSPS) is 11.4. The number of anilines is 1. The van der Waals surface area contributed by atoms with Gasteiger partial charge in [-0.05, 0) is 31.4 Å². The molecule has 0 spiro atoms. The van der Waals surface area contributed by atoms with Crippen molar-refractivity contribution in [3.8, 4) is 0 Å². The number of hydrogen-bond acceptors (Lipinski definition) is 4. The Morgan fingerprint density at radius 2 is 1.89 bits per heavy atom. The van der Waals surface area contributed by atoms with Crippen LogP contribution < -0.4 is 10.2 Å². The average molecular weight is 264 g/mol. The van der Waals surface area contributed by atoms with E-state index in [0.717, 1.165) is 37.0 Å². The Morgan fingerprint density at radius 1 is 1.21 bits per heavy atom. The number of aryl methyl sites for hydroxylation is 1. The third kappa shape index (κ3) is 5.55. The number of hydrogen-bond donors (Lipinski definition) is 1. The van der Waals surface area contributed by atoms with Gasteiger partial charge in [0.25, 0.3) is 0 Å². The van der Waals surface area contributed by atoms with E-state index in [9.17, 15) is 0 Å². The quantitative estimate of drug-likeness (QED) is 0.769. The average Bonchev–Trinajstić information content (AvgIpc) is 2.33. The fraction of sp³-hybridized carbons (Fsp3) is 0.733. The van der Waals surface area contributed by atoms with Gasteiger partial charge in [-0.25, -0.2) is 9.97 Å². The van der Waals surface area contributed by atoms with Gasteiger partial charge in [0, 0.05) is 31.5 Å². The minimum absolute atomic E-state index is 0.438. The molecule has 108 valence electrons. The molecule has 4 nitrogen and oxygen atoms in total. The first-order valence-electron chi connectivity index (χ1n) is 7.17. The summed E-state index contributed by atoms with van der Waals surface area (Å²) in [5.41, 5.74) is 2.15. The lowest BCUT2D eigenvalue weighted by atomic mass is 10.1. The largest absolute Gasteiger partial charge is 0.343 e. The van der Waals surface area contributed by atoms with Gasteiger partial charge < -0.3 is 10.2 Å². The predicted molar refractivity (Wildman–Crippen MR) is 81.8 cm³/mol. The first kappa shape index (κ1) is 15.9. The summed E-state index contributed by atoms with van der Waals surface area (Å²) in [6, 6.07) is 2.07. The molecule has 0 aliphatic carbocycles. The molecule has 0 amide bonds. The molecule has 1 N–H and O–H groups in total. The molecular formula is C15H28N4. The van der Waals surface area contributed by atoms with Crippen molar-refractivity contribution < 1.29 is 0 Å². The third-order valence-corrected chi connectivity index (χ3v) is 2.97. The Bertz CT molecular complexity index is 388. The highest BCUT2D eigenvalue weighted by molar-refractivity contribution is 5.31. The third-order valence-electron chi connectivity index (χ3n) is 2.97. The number of nitrogens with zero attached hydrogens (tertiary/aromatic N) is 3. The van der Waals surface area contributed by atoms with Crippen molar-refractivity contribution >= 4 is 5.95 Å². The number of aromatic nitrogens is 2. The molecule has 0 saturated heterocycles. The highest BCUT2D eigenvalue weighted by Gasteiger charge is 2.09. The molecule has 0 aliphatic heterocycles. The van der Waals surface area contributed by atoms with Crippen LogP contribution in [0.2, 0.25) is 0 Å². The standard InChI is InChI=1S/C15H28N4/c1-11(2)10-16-7-8-19(6)15-17-13(5)9-14(18-15)12(3)4/h9,11-12,16H,7-8,10H2,1-6H3. The second-order valence-electron chi connectivity index (χ2n) is 5.91. The van der Waals surface area contributed by atoms with Crippen molar-refractivity contribution in [2.75, 3.05) is 31.6 Å². The zero-order valence-corrected chi connectivity index (χ0v) is 13.2. The molecule has 4 heteroatoms. The van der Waals surface area contributed by atoms with Crippen molar-refractivity contribution in [1.29, 1.82) is 0 Å². The predicted octanol–water partition coefficient (Wildman–Crippen LogP) is 2.59. The van der Waals surface area contributed by atoms with Gasteiger partial charge in [-0.2, -0.15) is 0 Å². The van der Waals surface area contributed by atoms with Gasteiger partial charge in [-0.15, -0.1) is 0 Å². The van der Waals surface area contributed by atoms with E-state index in [1.807, 2.05) is 6.92 Å². The van der Waals surface area contributed by atoms with Crippen LogP contribution in [0.3, 0.4) is 0 Å². The van der Waals surface area contributed by atoms with E-state index in [0.29, 0.717) is 11.8 Å². The maximum Gasteiger partial charge on any atom is 0.225 e. The summed E-state index contributed by atoms with van der Waals surface area (Å²) >= 11 is 0. The Balaban J connectivity index is 2.58. The van der Waals surface area contributed by atoms with E-state index in [1.165, 1.54) is 0 Å². The van der Waals surface area contributed by atoms with Crippen LogP contribution in [-0.2, 0) is 0 Å². The van der Waals surface area contributed by atoms with Crippen molar-refractivity contribution in [1.82, 2.24) is 15.3 Å². The summed E-state index contributed by atoms with van der Waals surface area (Å²) in [5.74, 6) is 1.95. The molecule has 0 saturated carbocycles. The molecule has 0 fully saturated rings. The van der Waals surface area contributed by atoms with Crippen LogP contribution in [0.4, 0.5) is 5.95 Å². The lowest BCUT2D eigenvalue weighted by Crippen LogP contribution is -2.32. The van der Waals surface area contributed by atoms with E-state index in [1.54, 1.807) is 0 Å². The van der Waals surface area contributed by atoms with Crippen molar-refractivity contribution in [2.45, 2.75) is 40.5 Å². The summed E-state index contributed by atoms with van der Waals surface area (Å²) in [4.78, 5) is 11.3. The minimum Gasteiger partial charge on any atom is -0.343 e. The molecule has 1 aromatic rings. The zero-order valence-electron chi connectivity index (χ0n) is 13.2. The van der Waals surface area contributed by atoms with E-state index in [-0.39, 0.29) is 0 Å². The lowest BCUT2D eigenvalue weighted by Gasteiger charge is -2.19. The summed E-state index contributed by atoms with van der Waals surface area (Å²) in [6.07, 6.45) is 0. The molecule has 0 unspecified atom stereocenters. The molecule has 1 aromatic heterocycles. The fourth-order valence-corrected chi connectivity index (χ4v) is 1.78. The maximum atomic E-state index is 4.63. The van der Waals surface area contributed by atoms with E-state index in [4.69, 9.17) is 0 Å². The molecule has 0 atom stereocenters. The van der Waals surface area contributed by atoms with Gasteiger partial charge in [0.05, 0.1) is 0 Å². The zero-order chi connectivity index (χ0) is 14.4.